The molecule has 0 bridgehead atoms. The number of rotatable bonds is 4. The number of nitrogens with zero attached hydrogens (tertiary/aromatic N) is 1. The van der Waals surface area contributed by atoms with Gasteiger partial charge in [0.05, 0.1) is 5.92 Å². The monoisotopic (exact) mass is 286 g/mol. The highest BCUT2D eigenvalue weighted by Gasteiger charge is 2.40. The molecule has 1 aromatic rings. The predicted molar refractivity (Wildman–Crippen MR) is 74.9 cm³/mol. The number of benzene rings is 1. The summed E-state index contributed by atoms with van der Waals surface area (Å²) in [7, 11) is 1.88. The minimum Gasteiger partial charge on any atom is -0.388 e. The Bertz CT molecular complexity index is 423. The third-order valence-corrected chi connectivity index (χ3v) is 3.98. The van der Waals surface area contributed by atoms with Gasteiger partial charge < -0.3 is 10.2 Å². The Morgan fingerprint density at radius 3 is 2.55 bits per heavy atom. The number of nitrogens with one attached hydrogen (secondary N) is 1. The smallest absolute Gasteiger partial charge is 0.388 e. The van der Waals surface area contributed by atoms with Crippen molar-refractivity contribution in [2.75, 3.05) is 32.0 Å². The summed E-state index contributed by atoms with van der Waals surface area (Å²) < 4.78 is 37.7. The largest absolute Gasteiger partial charge is 0.391 e. The molecule has 2 nitrogen and oxygen atoms in total. The molecule has 1 fully saturated rings. The zero-order valence-corrected chi connectivity index (χ0v) is 11.7. The summed E-state index contributed by atoms with van der Waals surface area (Å²) in [6, 6.07) is 8.14. The van der Waals surface area contributed by atoms with Gasteiger partial charge in [-0.3, -0.25) is 0 Å². The molecule has 1 saturated heterocycles. The first-order chi connectivity index (χ1) is 9.49. The van der Waals surface area contributed by atoms with Crippen LogP contribution >= 0.6 is 0 Å². The molecule has 112 valence electrons. The molecule has 2 rings (SSSR count). The molecule has 0 atom stereocenters. The van der Waals surface area contributed by atoms with Gasteiger partial charge in [0.2, 0.25) is 0 Å². The van der Waals surface area contributed by atoms with Crippen LogP contribution in [0, 0.1) is 5.92 Å². The average Bonchev–Trinajstić information content (AvgIpc) is 2.45. The maximum absolute atomic E-state index is 12.6. The van der Waals surface area contributed by atoms with Crippen LogP contribution < -0.4 is 5.32 Å². The van der Waals surface area contributed by atoms with E-state index < -0.39 is 12.1 Å². The second-order valence-electron chi connectivity index (χ2n) is 5.36. The van der Waals surface area contributed by atoms with Crippen molar-refractivity contribution < 1.29 is 13.2 Å². The number of anilines is 1. The summed E-state index contributed by atoms with van der Waals surface area (Å²) in [5.74, 6) is -1.11. The minimum atomic E-state index is -4.02. The molecule has 0 saturated carbocycles. The lowest BCUT2D eigenvalue weighted by molar-refractivity contribution is -0.185. The van der Waals surface area contributed by atoms with Gasteiger partial charge in [-0.05, 0) is 50.0 Å². The number of halogens is 3. The van der Waals surface area contributed by atoms with Crippen LogP contribution in [-0.4, -0.2) is 37.8 Å². The lowest BCUT2D eigenvalue weighted by atomic mass is 9.96. The number of piperidine rings is 1. The summed E-state index contributed by atoms with van der Waals surface area (Å²) in [6.45, 7) is 1.93. The van der Waals surface area contributed by atoms with Crippen LogP contribution in [0.3, 0.4) is 0 Å². The lowest BCUT2D eigenvalue weighted by Gasteiger charge is -2.32. The zero-order chi connectivity index (χ0) is 14.6. The molecule has 0 spiro atoms. The van der Waals surface area contributed by atoms with Gasteiger partial charge in [0.1, 0.15) is 0 Å². The minimum absolute atomic E-state index is 0.236. The van der Waals surface area contributed by atoms with Gasteiger partial charge in [0.25, 0.3) is 0 Å². The van der Waals surface area contributed by atoms with Gasteiger partial charge in [-0.15, -0.1) is 0 Å². The van der Waals surface area contributed by atoms with E-state index >= 15 is 0 Å². The molecule has 0 aliphatic carbocycles. The fraction of sp³-hybridized carbons (Fsp3) is 0.600. The molecule has 0 aromatic heterocycles. The van der Waals surface area contributed by atoms with Crippen molar-refractivity contribution in [3.05, 3.63) is 29.8 Å². The Kier molecular flexibility index (Phi) is 4.91. The average molecular weight is 286 g/mol. The SMILES string of the molecule is CNc1cccc(CCN2CCC(C(F)(F)F)CC2)c1. The first-order valence-corrected chi connectivity index (χ1v) is 7.05. The molecule has 0 unspecified atom stereocenters. The molecule has 0 amide bonds. The van der Waals surface area contributed by atoms with E-state index in [1.165, 1.54) is 5.56 Å². The van der Waals surface area contributed by atoms with Crippen molar-refractivity contribution in [1.29, 1.82) is 0 Å². The Balaban J connectivity index is 1.78. The zero-order valence-electron chi connectivity index (χ0n) is 11.7. The van der Waals surface area contributed by atoms with Gasteiger partial charge >= 0.3 is 6.18 Å². The van der Waals surface area contributed by atoms with Gasteiger partial charge in [-0.1, -0.05) is 12.1 Å². The van der Waals surface area contributed by atoms with E-state index in [-0.39, 0.29) is 12.8 Å². The first kappa shape index (κ1) is 15.2. The van der Waals surface area contributed by atoms with Crippen molar-refractivity contribution in [2.24, 2.45) is 5.92 Å². The van der Waals surface area contributed by atoms with Crippen LogP contribution in [0.15, 0.2) is 24.3 Å². The van der Waals surface area contributed by atoms with E-state index in [0.717, 1.165) is 18.7 Å². The number of hydrogen-bond acceptors (Lipinski definition) is 2. The van der Waals surface area contributed by atoms with Crippen molar-refractivity contribution >= 4 is 5.69 Å². The Labute approximate surface area is 118 Å². The van der Waals surface area contributed by atoms with Crippen LogP contribution in [0.25, 0.3) is 0 Å². The lowest BCUT2D eigenvalue weighted by Crippen LogP contribution is -2.39. The van der Waals surface area contributed by atoms with Gasteiger partial charge in [0.15, 0.2) is 0 Å². The van der Waals surface area contributed by atoms with Crippen molar-refractivity contribution in [1.82, 2.24) is 4.90 Å². The molecular formula is C15H21F3N2. The van der Waals surface area contributed by atoms with E-state index in [1.807, 2.05) is 19.2 Å². The van der Waals surface area contributed by atoms with Crippen molar-refractivity contribution in [2.45, 2.75) is 25.4 Å². The predicted octanol–water partition coefficient (Wildman–Crippen LogP) is 3.55. The second kappa shape index (κ2) is 6.48. The Hall–Kier alpha value is -1.23. The highest BCUT2D eigenvalue weighted by atomic mass is 19.4. The molecule has 1 aromatic carbocycles. The molecule has 0 radical (unpaired) electrons. The fourth-order valence-corrected chi connectivity index (χ4v) is 2.65. The van der Waals surface area contributed by atoms with Crippen molar-refractivity contribution in [3.8, 4) is 0 Å². The molecule has 1 aliphatic heterocycles. The normalized spacial score (nSPS) is 18.2. The van der Waals surface area contributed by atoms with E-state index in [0.29, 0.717) is 13.1 Å². The quantitative estimate of drug-likeness (QED) is 0.910. The van der Waals surface area contributed by atoms with Crippen LogP contribution in [0.4, 0.5) is 18.9 Å². The third-order valence-electron chi connectivity index (χ3n) is 3.98. The molecule has 1 heterocycles. The number of hydrogen-bond donors (Lipinski definition) is 1. The molecule has 1 aliphatic rings. The van der Waals surface area contributed by atoms with E-state index in [1.54, 1.807) is 0 Å². The maximum Gasteiger partial charge on any atom is 0.391 e. The van der Waals surface area contributed by atoms with Crippen LogP contribution in [0.1, 0.15) is 18.4 Å². The summed E-state index contributed by atoms with van der Waals surface area (Å²) in [5.41, 5.74) is 2.29. The van der Waals surface area contributed by atoms with E-state index in [9.17, 15) is 13.2 Å². The van der Waals surface area contributed by atoms with Crippen LogP contribution in [-0.2, 0) is 6.42 Å². The fourth-order valence-electron chi connectivity index (χ4n) is 2.65. The van der Waals surface area contributed by atoms with E-state index in [2.05, 4.69) is 22.3 Å². The summed E-state index contributed by atoms with van der Waals surface area (Å²) in [6.07, 6.45) is -2.67. The standard InChI is InChI=1S/C15H21F3N2/c1-19-14-4-2-3-12(11-14)5-8-20-9-6-13(7-10-20)15(16,17)18/h2-4,11,13,19H,5-10H2,1H3. The van der Waals surface area contributed by atoms with E-state index in [4.69, 9.17) is 0 Å². The highest BCUT2D eigenvalue weighted by Crippen LogP contribution is 2.34. The summed E-state index contributed by atoms with van der Waals surface area (Å²) in [5, 5.41) is 3.09. The van der Waals surface area contributed by atoms with Crippen molar-refractivity contribution in [3.63, 3.8) is 0 Å². The molecule has 20 heavy (non-hydrogen) atoms. The Morgan fingerprint density at radius 2 is 1.95 bits per heavy atom. The Morgan fingerprint density at radius 1 is 1.25 bits per heavy atom. The summed E-state index contributed by atoms with van der Waals surface area (Å²) >= 11 is 0. The number of likely N-dealkylation sites (tertiary alicyclic amines) is 1. The molecule has 1 N–H and O–H groups in total. The van der Waals surface area contributed by atoms with Gasteiger partial charge in [-0.25, -0.2) is 0 Å². The summed E-state index contributed by atoms with van der Waals surface area (Å²) in [4.78, 5) is 2.13. The molecular weight excluding hydrogens is 265 g/mol. The third kappa shape index (κ3) is 4.13. The second-order valence-corrected chi connectivity index (χ2v) is 5.36. The topological polar surface area (TPSA) is 15.3 Å². The molecule has 5 heteroatoms. The maximum atomic E-state index is 12.6. The first-order valence-electron chi connectivity index (χ1n) is 7.05. The van der Waals surface area contributed by atoms with Gasteiger partial charge in [0, 0.05) is 19.3 Å². The number of alkyl halides is 3. The van der Waals surface area contributed by atoms with Crippen LogP contribution in [0.2, 0.25) is 0 Å². The highest BCUT2D eigenvalue weighted by molar-refractivity contribution is 5.45. The van der Waals surface area contributed by atoms with Gasteiger partial charge in [-0.2, -0.15) is 13.2 Å². The van der Waals surface area contributed by atoms with Crippen LogP contribution in [0.5, 0.6) is 0 Å².